The summed E-state index contributed by atoms with van der Waals surface area (Å²) in [6.07, 6.45) is 4.81. The second-order valence-corrected chi connectivity index (χ2v) is 9.84. The van der Waals surface area contributed by atoms with E-state index in [4.69, 9.17) is 4.74 Å². The summed E-state index contributed by atoms with van der Waals surface area (Å²) in [6, 6.07) is 1.89. The van der Waals surface area contributed by atoms with Gasteiger partial charge >= 0.3 is 6.09 Å². The van der Waals surface area contributed by atoms with Crippen LogP contribution in [0.1, 0.15) is 26.2 Å². The molecule has 0 N–H and O–H groups in total. The van der Waals surface area contributed by atoms with Crippen molar-refractivity contribution in [2.75, 3.05) is 50.8 Å². The van der Waals surface area contributed by atoms with E-state index in [2.05, 4.69) is 19.9 Å². The summed E-state index contributed by atoms with van der Waals surface area (Å²) in [4.78, 5) is 22.7. The Morgan fingerprint density at radius 3 is 2.71 bits per heavy atom. The average Bonchev–Trinajstić information content (AvgIpc) is 3.46. The Morgan fingerprint density at radius 2 is 2.00 bits per heavy atom. The van der Waals surface area contributed by atoms with Crippen LogP contribution in [0.2, 0.25) is 0 Å². The van der Waals surface area contributed by atoms with E-state index in [1.807, 2.05) is 6.92 Å². The fourth-order valence-corrected chi connectivity index (χ4v) is 5.82. The molecule has 3 fully saturated rings. The number of alkyl halides is 2. The van der Waals surface area contributed by atoms with E-state index in [-0.39, 0.29) is 11.5 Å². The molecule has 2 aliphatic heterocycles. The number of rotatable bonds is 6. The lowest BCUT2D eigenvalue weighted by Crippen LogP contribution is -2.58. The monoisotopic (exact) mass is 492 g/mol. The molecule has 2 aromatic rings. The number of piperazine rings is 1. The summed E-state index contributed by atoms with van der Waals surface area (Å²) in [6.45, 7) is 6.51. The third-order valence-electron chi connectivity index (χ3n) is 7.49. The Bertz CT molecular complexity index is 1050. The Kier molecular flexibility index (Phi) is 6.61. The van der Waals surface area contributed by atoms with Gasteiger partial charge in [-0.1, -0.05) is 0 Å². The quantitative estimate of drug-likeness (QED) is 0.615. The van der Waals surface area contributed by atoms with E-state index in [1.165, 1.54) is 29.3 Å². The molecule has 1 atom stereocenters. The van der Waals surface area contributed by atoms with E-state index < -0.39 is 18.8 Å². The van der Waals surface area contributed by atoms with Crippen molar-refractivity contribution in [3.8, 4) is 11.1 Å². The number of hydrogen-bond donors (Lipinski definition) is 0. The van der Waals surface area contributed by atoms with Gasteiger partial charge in [-0.2, -0.15) is 5.10 Å². The molecule has 1 spiro atoms. The Morgan fingerprint density at radius 1 is 1.23 bits per heavy atom. The molecule has 11 heteroatoms. The largest absolute Gasteiger partial charge is 0.450 e. The highest BCUT2D eigenvalue weighted by atomic mass is 19.3. The number of anilines is 1. The first-order chi connectivity index (χ1) is 16.9. The van der Waals surface area contributed by atoms with Crippen molar-refractivity contribution in [1.82, 2.24) is 24.6 Å². The predicted molar refractivity (Wildman–Crippen MR) is 124 cm³/mol. The van der Waals surface area contributed by atoms with Crippen molar-refractivity contribution in [2.45, 2.75) is 45.2 Å². The maximum atomic E-state index is 14.0. The number of carbonyl (C=O) groups excluding carboxylic acids is 1. The van der Waals surface area contributed by atoms with Crippen LogP contribution in [-0.2, 0) is 11.3 Å². The minimum absolute atomic E-state index is 0.211. The zero-order chi connectivity index (χ0) is 24.6. The summed E-state index contributed by atoms with van der Waals surface area (Å²) in [5.41, 5.74) is 1.36. The molecule has 4 heterocycles. The SMILES string of the molecule is CCOC(=O)N1CC2(CC[C@@H](N3CCN(c4ncc(F)cc4-c4cnn(CC(F)F)c4)CC3)C2)C1. The number of ether oxygens (including phenoxy) is 1. The molecule has 5 rings (SSSR count). The van der Waals surface area contributed by atoms with Gasteiger partial charge in [0.1, 0.15) is 18.2 Å². The van der Waals surface area contributed by atoms with Crippen molar-refractivity contribution in [3.05, 3.63) is 30.5 Å². The van der Waals surface area contributed by atoms with Gasteiger partial charge in [0.2, 0.25) is 0 Å². The Labute approximate surface area is 202 Å². The molecule has 1 saturated carbocycles. The lowest BCUT2D eigenvalue weighted by molar-refractivity contribution is -0.00294. The number of amides is 1. The summed E-state index contributed by atoms with van der Waals surface area (Å²) in [7, 11) is 0. The fraction of sp³-hybridized carbons (Fsp3) is 0.625. The lowest BCUT2D eigenvalue weighted by Gasteiger charge is -2.48. The maximum Gasteiger partial charge on any atom is 0.409 e. The summed E-state index contributed by atoms with van der Waals surface area (Å²) >= 11 is 0. The van der Waals surface area contributed by atoms with E-state index >= 15 is 0 Å². The molecule has 190 valence electrons. The molecule has 35 heavy (non-hydrogen) atoms. The Balaban J connectivity index is 1.20. The first-order valence-corrected chi connectivity index (χ1v) is 12.2. The van der Waals surface area contributed by atoms with Crippen molar-refractivity contribution in [3.63, 3.8) is 0 Å². The second-order valence-electron chi connectivity index (χ2n) is 9.84. The van der Waals surface area contributed by atoms with Gasteiger partial charge in [0, 0.05) is 68.0 Å². The van der Waals surface area contributed by atoms with Crippen LogP contribution in [0.25, 0.3) is 11.1 Å². The van der Waals surface area contributed by atoms with Crippen molar-refractivity contribution >= 4 is 11.9 Å². The molecule has 2 saturated heterocycles. The predicted octanol–water partition coefficient (Wildman–Crippen LogP) is 3.48. The van der Waals surface area contributed by atoms with Gasteiger partial charge in [0.15, 0.2) is 0 Å². The summed E-state index contributed by atoms with van der Waals surface area (Å²) in [5, 5.41) is 3.99. The molecule has 0 radical (unpaired) electrons. The van der Waals surface area contributed by atoms with Gasteiger partial charge in [-0.15, -0.1) is 0 Å². The van der Waals surface area contributed by atoms with Gasteiger partial charge in [-0.05, 0) is 32.3 Å². The number of hydrogen-bond acceptors (Lipinski definition) is 6. The minimum Gasteiger partial charge on any atom is -0.450 e. The Hall–Kier alpha value is -2.82. The van der Waals surface area contributed by atoms with Gasteiger partial charge in [0.05, 0.1) is 19.0 Å². The van der Waals surface area contributed by atoms with Crippen molar-refractivity contribution in [1.29, 1.82) is 0 Å². The molecule has 8 nitrogen and oxygen atoms in total. The molecule has 1 aliphatic carbocycles. The molecule has 3 aliphatic rings. The number of aromatic nitrogens is 3. The first kappa shape index (κ1) is 23.9. The van der Waals surface area contributed by atoms with Crippen LogP contribution in [0.3, 0.4) is 0 Å². The van der Waals surface area contributed by atoms with Crippen LogP contribution in [0.15, 0.2) is 24.7 Å². The number of nitrogens with zero attached hydrogens (tertiary/aromatic N) is 6. The van der Waals surface area contributed by atoms with E-state index in [0.717, 1.165) is 58.5 Å². The smallest absolute Gasteiger partial charge is 0.409 e. The van der Waals surface area contributed by atoms with Gasteiger partial charge < -0.3 is 14.5 Å². The lowest BCUT2D eigenvalue weighted by atomic mass is 9.78. The molecular formula is C24H31F3N6O2. The van der Waals surface area contributed by atoms with Crippen LogP contribution in [-0.4, -0.2) is 89.0 Å². The van der Waals surface area contributed by atoms with E-state index in [0.29, 0.717) is 29.6 Å². The number of halogens is 3. The molecule has 0 unspecified atom stereocenters. The standard InChI is InChI=1S/C24H31F3N6O2/c1-2-35-23(34)32-15-24(16-32)4-3-19(10-24)30-5-7-31(8-6-30)22-20(9-18(25)12-28-22)17-11-29-33(13-17)14-21(26)27/h9,11-13,19,21H,2-8,10,14-16H2,1H3/t19-/m1/s1. The zero-order valence-electron chi connectivity index (χ0n) is 19.9. The van der Waals surface area contributed by atoms with Crippen molar-refractivity contribution < 1.29 is 22.7 Å². The van der Waals surface area contributed by atoms with Gasteiger partial charge in [-0.3, -0.25) is 9.58 Å². The summed E-state index contributed by atoms with van der Waals surface area (Å²) < 4.78 is 45.8. The number of likely N-dealkylation sites (tertiary alicyclic amines) is 1. The number of pyridine rings is 1. The average molecular weight is 493 g/mol. The minimum atomic E-state index is -2.51. The molecule has 2 aromatic heterocycles. The zero-order valence-corrected chi connectivity index (χ0v) is 19.9. The maximum absolute atomic E-state index is 14.0. The van der Waals surface area contributed by atoms with Crippen LogP contribution in [0.5, 0.6) is 0 Å². The van der Waals surface area contributed by atoms with Crippen LogP contribution in [0.4, 0.5) is 23.8 Å². The number of carbonyl (C=O) groups is 1. The fourth-order valence-electron chi connectivity index (χ4n) is 5.82. The third kappa shape index (κ3) is 4.96. The molecule has 1 amide bonds. The van der Waals surface area contributed by atoms with E-state index in [9.17, 15) is 18.0 Å². The van der Waals surface area contributed by atoms with Crippen LogP contribution in [0, 0.1) is 11.2 Å². The van der Waals surface area contributed by atoms with Crippen LogP contribution >= 0.6 is 0 Å². The first-order valence-electron chi connectivity index (χ1n) is 12.2. The van der Waals surface area contributed by atoms with Crippen molar-refractivity contribution in [2.24, 2.45) is 5.41 Å². The highest BCUT2D eigenvalue weighted by Gasteiger charge is 2.51. The molecule has 0 bridgehead atoms. The van der Waals surface area contributed by atoms with E-state index in [1.54, 1.807) is 4.90 Å². The van der Waals surface area contributed by atoms with Gasteiger partial charge in [0.25, 0.3) is 6.43 Å². The molecular weight excluding hydrogens is 461 g/mol. The van der Waals surface area contributed by atoms with Crippen LogP contribution < -0.4 is 4.90 Å². The molecule has 0 aromatic carbocycles. The highest BCUT2D eigenvalue weighted by Crippen LogP contribution is 2.47. The second kappa shape index (κ2) is 9.67. The highest BCUT2D eigenvalue weighted by molar-refractivity contribution is 5.75. The summed E-state index contributed by atoms with van der Waals surface area (Å²) in [5.74, 6) is 0.173. The third-order valence-corrected chi connectivity index (χ3v) is 7.49. The van der Waals surface area contributed by atoms with Gasteiger partial charge in [-0.25, -0.2) is 22.9 Å². The normalized spacial score (nSPS) is 22.1. The topological polar surface area (TPSA) is 66.7 Å².